The SMILES string of the molecule is N#Cc1cc2cc(O)ccc2[nH]c1=O. The number of phenols is 1. The summed E-state index contributed by atoms with van der Waals surface area (Å²) in [6.07, 6.45) is 0. The summed E-state index contributed by atoms with van der Waals surface area (Å²) in [6.45, 7) is 0. The van der Waals surface area contributed by atoms with Crippen LogP contribution in [0.25, 0.3) is 10.9 Å². The molecule has 2 rings (SSSR count). The summed E-state index contributed by atoms with van der Waals surface area (Å²) < 4.78 is 0. The van der Waals surface area contributed by atoms with Crippen LogP contribution in [0.5, 0.6) is 5.75 Å². The minimum atomic E-state index is -0.411. The lowest BCUT2D eigenvalue weighted by molar-refractivity contribution is 0.476. The van der Waals surface area contributed by atoms with Gasteiger partial charge in [-0.25, -0.2) is 0 Å². The number of aromatic nitrogens is 1. The smallest absolute Gasteiger partial charge is 0.266 e. The molecule has 68 valence electrons. The first kappa shape index (κ1) is 8.32. The van der Waals surface area contributed by atoms with Crippen LogP contribution in [-0.4, -0.2) is 10.1 Å². The van der Waals surface area contributed by atoms with E-state index in [1.165, 1.54) is 18.2 Å². The number of hydrogen-bond acceptors (Lipinski definition) is 3. The summed E-state index contributed by atoms with van der Waals surface area (Å²) in [7, 11) is 0. The molecule has 0 spiro atoms. The molecule has 2 aromatic rings. The summed E-state index contributed by atoms with van der Waals surface area (Å²) in [6, 6.07) is 7.79. The van der Waals surface area contributed by atoms with E-state index >= 15 is 0 Å². The third-order valence-corrected chi connectivity index (χ3v) is 1.95. The summed E-state index contributed by atoms with van der Waals surface area (Å²) in [5, 5.41) is 18.4. The van der Waals surface area contributed by atoms with Gasteiger partial charge >= 0.3 is 0 Å². The first-order valence-corrected chi connectivity index (χ1v) is 3.97. The van der Waals surface area contributed by atoms with Crippen LogP contribution < -0.4 is 5.56 Å². The normalized spacial score (nSPS) is 9.93. The van der Waals surface area contributed by atoms with Gasteiger partial charge in [0.05, 0.1) is 0 Å². The van der Waals surface area contributed by atoms with Gasteiger partial charge in [-0.15, -0.1) is 0 Å². The van der Waals surface area contributed by atoms with Crippen molar-refractivity contribution in [1.82, 2.24) is 4.98 Å². The van der Waals surface area contributed by atoms with Crippen molar-refractivity contribution in [2.45, 2.75) is 0 Å². The number of pyridine rings is 1. The second kappa shape index (κ2) is 2.89. The zero-order chi connectivity index (χ0) is 10.1. The number of phenolic OH excluding ortho intramolecular Hbond substituents is 1. The third-order valence-electron chi connectivity index (χ3n) is 1.95. The van der Waals surface area contributed by atoms with E-state index in [0.717, 1.165) is 0 Å². The lowest BCUT2D eigenvalue weighted by atomic mass is 10.1. The number of nitrogens with zero attached hydrogens (tertiary/aromatic N) is 1. The molecule has 0 unspecified atom stereocenters. The van der Waals surface area contributed by atoms with Gasteiger partial charge in [-0.1, -0.05) is 0 Å². The van der Waals surface area contributed by atoms with E-state index in [9.17, 15) is 9.90 Å². The Morgan fingerprint density at radius 3 is 2.86 bits per heavy atom. The van der Waals surface area contributed by atoms with Crippen LogP contribution >= 0.6 is 0 Å². The highest BCUT2D eigenvalue weighted by Gasteiger charge is 2.01. The maximum Gasteiger partial charge on any atom is 0.266 e. The van der Waals surface area contributed by atoms with E-state index in [-0.39, 0.29) is 11.3 Å². The highest BCUT2D eigenvalue weighted by molar-refractivity contribution is 5.80. The molecule has 1 heterocycles. The van der Waals surface area contributed by atoms with Crippen LogP contribution in [-0.2, 0) is 0 Å². The van der Waals surface area contributed by atoms with Crippen LogP contribution in [0.4, 0.5) is 0 Å². The number of nitrogens with one attached hydrogen (secondary N) is 1. The van der Waals surface area contributed by atoms with Gasteiger partial charge in [-0.3, -0.25) is 4.79 Å². The number of nitriles is 1. The van der Waals surface area contributed by atoms with Crippen molar-refractivity contribution in [2.75, 3.05) is 0 Å². The molecule has 0 bridgehead atoms. The van der Waals surface area contributed by atoms with Crippen molar-refractivity contribution in [3.63, 3.8) is 0 Å². The fourth-order valence-electron chi connectivity index (χ4n) is 1.28. The largest absolute Gasteiger partial charge is 0.508 e. The van der Waals surface area contributed by atoms with Crippen LogP contribution in [0.1, 0.15) is 5.56 Å². The van der Waals surface area contributed by atoms with E-state index in [1.54, 1.807) is 12.1 Å². The Bertz CT molecular complexity index is 593. The van der Waals surface area contributed by atoms with Crippen molar-refractivity contribution >= 4 is 10.9 Å². The molecule has 0 radical (unpaired) electrons. The second-order valence-electron chi connectivity index (χ2n) is 2.90. The maximum atomic E-state index is 11.2. The van der Waals surface area contributed by atoms with Gasteiger partial charge in [-0.05, 0) is 24.3 Å². The molecule has 0 saturated heterocycles. The van der Waals surface area contributed by atoms with Crippen LogP contribution in [0.15, 0.2) is 29.1 Å². The van der Waals surface area contributed by atoms with Crippen LogP contribution in [0.3, 0.4) is 0 Å². The summed E-state index contributed by atoms with van der Waals surface area (Å²) in [5.41, 5.74) is 0.237. The minimum absolute atomic E-state index is 0.0445. The molecule has 0 aliphatic rings. The molecule has 1 aromatic carbocycles. The quantitative estimate of drug-likeness (QED) is 0.646. The average Bonchev–Trinajstić information content (AvgIpc) is 2.17. The minimum Gasteiger partial charge on any atom is -0.508 e. The first-order chi connectivity index (χ1) is 6.70. The Labute approximate surface area is 79.0 Å². The first-order valence-electron chi connectivity index (χ1n) is 3.97. The number of benzene rings is 1. The van der Waals surface area contributed by atoms with Crippen molar-refractivity contribution in [3.05, 3.63) is 40.2 Å². The predicted octanol–water partition coefficient (Wildman–Crippen LogP) is 1.11. The van der Waals surface area contributed by atoms with Gasteiger partial charge in [0.1, 0.15) is 17.4 Å². The molecule has 4 heteroatoms. The molecule has 1 aromatic heterocycles. The fourth-order valence-corrected chi connectivity index (χ4v) is 1.28. The number of H-pyrrole nitrogens is 1. The summed E-state index contributed by atoms with van der Waals surface area (Å²) >= 11 is 0. The van der Waals surface area contributed by atoms with Gasteiger partial charge in [0.2, 0.25) is 0 Å². The van der Waals surface area contributed by atoms with Crippen LogP contribution in [0.2, 0.25) is 0 Å². The lowest BCUT2D eigenvalue weighted by Crippen LogP contribution is -2.09. The second-order valence-corrected chi connectivity index (χ2v) is 2.90. The summed E-state index contributed by atoms with van der Waals surface area (Å²) in [4.78, 5) is 13.8. The van der Waals surface area contributed by atoms with Gasteiger partial charge in [-0.2, -0.15) is 5.26 Å². The van der Waals surface area contributed by atoms with Gasteiger partial charge in [0.25, 0.3) is 5.56 Å². The van der Waals surface area contributed by atoms with E-state index in [1.807, 2.05) is 0 Å². The van der Waals surface area contributed by atoms with Crippen molar-refractivity contribution in [2.24, 2.45) is 0 Å². The molecule has 0 aliphatic heterocycles. The number of fused-ring (bicyclic) bond motifs is 1. The third kappa shape index (κ3) is 1.21. The van der Waals surface area contributed by atoms with E-state index in [2.05, 4.69) is 4.98 Å². The number of rotatable bonds is 0. The van der Waals surface area contributed by atoms with Gasteiger partial charge < -0.3 is 10.1 Å². The molecule has 0 aliphatic carbocycles. The topological polar surface area (TPSA) is 76.9 Å². The van der Waals surface area contributed by atoms with Crippen molar-refractivity contribution in [3.8, 4) is 11.8 Å². The van der Waals surface area contributed by atoms with Gasteiger partial charge in [0.15, 0.2) is 0 Å². The van der Waals surface area contributed by atoms with E-state index < -0.39 is 5.56 Å². The Hall–Kier alpha value is -2.28. The zero-order valence-corrected chi connectivity index (χ0v) is 7.11. The average molecular weight is 186 g/mol. The fraction of sp³-hybridized carbons (Fsp3) is 0. The highest BCUT2D eigenvalue weighted by atomic mass is 16.3. The Morgan fingerprint density at radius 2 is 2.14 bits per heavy atom. The summed E-state index contributed by atoms with van der Waals surface area (Å²) in [5.74, 6) is 0.105. The molecular weight excluding hydrogens is 180 g/mol. The maximum absolute atomic E-state index is 11.2. The lowest BCUT2D eigenvalue weighted by Gasteiger charge is -1.98. The molecule has 0 fully saturated rings. The highest BCUT2D eigenvalue weighted by Crippen LogP contribution is 2.17. The number of aromatic amines is 1. The zero-order valence-electron chi connectivity index (χ0n) is 7.11. The molecule has 0 saturated carbocycles. The van der Waals surface area contributed by atoms with E-state index in [4.69, 9.17) is 5.26 Å². The Balaban J connectivity index is 2.89. The monoisotopic (exact) mass is 186 g/mol. The molecule has 4 nitrogen and oxygen atoms in total. The molecule has 2 N–H and O–H groups in total. The Morgan fingerprint density at radius 1 is 1.36 bits per heavy atom. The molecule has 0 atom stereocenters. The Kier molecular flexibility index (Phi) is 1.72. The van der Waals surface area contributed by atoms with Gasteiger partial charge in [0, 0.05) is 10.9 Å². The number of hydrogen-bond donors (Lipinski definition) is 2. The number of aromatic hydroxyl groups is 1. The molecule has 14 heavy (non-hydrogen) atoms. The standard InChI is InChI=1S/C10H6N2O2/c11-5-7-3-6-4-8(13)1-2-9(6)12-10(7)14/h1-4,13H,(H,12,14). The van der Waals surface area contributed by atoms with Crippen LogP contribution in [0, 0.1) is 11.3 Å². The van der Waals surface area contributed by atoms with E-state index in [0.29, 0.717) is 10.9 Å². The molecule has 0 amide bonds. The van der Waals surface area contributed by atoms with Crippen molar-refractivity contribution < 1.29 is 5.11 Å². The van der Waals surface area contributed by atoms with Crippen molar-refractivity contribution in [1.29, 1.82) is 5.26 Å². The molecular formula is C10H6N2O2. The predicted molar refractivity (Wildman–Crippen MR) is 50.9 cm³/mol.